The minimum atomic E-state index is 0.454. The molecule has 0 atom stereocenters. The molecule has 3 rings (SSSR count). The van der Waals surface area contributed by atoms with Gasteiger partial charge < -0.3 is 0 Å². The average Bonchev–Trinajstić information content (AvgIpc) is 1.28. The van der Waals surface area contributed by atoms with E-state index < -0.39 is 0 Å². The van der Waals surface area contributed by atoms with E-state index in [1.807, 2.05) is 0 Å². The summed E-state index contributed by atoms with van der Waals surface area (Å²) in [5, 5.41) is 11.4. The summed E-state index contributed by atoms with van der Waals surface area (Å²) in [6.07, 6.45) is 2.37. The van der Waals surface area contributed by atoms with Gasteiger partial charge in [-0.15, -0.1) is 10.3 Å². The maximum Gasteiger partial charge on any atom is 0.0418 e. The number of hydroxylamine groups is 2. The second-order valence-corrected chi connectivity index (χ2v) is 2.14. The van der Waals surface area contributed by atoms with Gasteiger partial charge in [-0.1, -0.05) is 0 Å². The lowest BCUT2D eigenvalue weighted by Gasteiger charge is -2.55. The van der Waals surface area contributed by atoms with E-state index in [2.05, 4.69) is 0 Å². The van der Waals surface area contributed by atoms with Crippen LogP contribution in [0.4, 0.5) is 0 Å². The highest BCUT2D eigenvalue weighted by atomic mass is 16.5. The lowest BCUT2D eigenvalue weighted by atomic mass is 9.75. The summed E-state index contributed by atoms with van der Waals surface area (Å²) in [5.74, 6) is 0. The normalized spacial score (nSPS) is 53.5. The molecule has 0 aromatic carbocycles. The van der Waals surface area contributed by atoms with E-state index in [4.69, 9.17) is 0 Å². The molecule has 0 amide bonds. The van der Waals surface area contributed by atoms with Crippen molar-refractivity contribution in [2.45, 2.75) is 24.9 Å². The Kier molecular flexibility index (Phi) is 0.316. The predicted octanol–water partition coefficient (Wildman–Crippen LogP) is 0.178. The lowest BCUT2D eigenvalue weighted by Crippen LogP contribution is -2.66. The minimum Gasteiger partial charge on any atom is -0.149 e. The van der Waals surface area contributed by atoms with E-state index >= 15 is 0 Å². The van der Waals surface area contributed by atoms with Crippen molar-refractivity contribution in [3.8, 4) is 0 Å². The van der Waals surface area contributed by atoms with Gasteiger partial charge in [0.05, 0.1) is 0 Å². The molecule has 3 fully saturated rings. The molecule has 6 heavy (non-hydrogen) atoms. The van der Waals surface area contributed by atoms with Crippen molar-refractivity contribution in [2.75, 3.05) is 0 Å². The van der Waals surface area contributed by atoms with Crippen molar-refractivity contribution in [3.63, 3.8) is 0 Å². The van der Waals surface area contributed by atoms with Crippen molar-refractivity contribution in [2.24, 2.45) is 0 Å². The summed E-state index contributed by atoms with van der Waals surface area (Å²) in [6.45, 7) is 0. The van der Waals surface area contributed by atoms with Crippen LogP contribution in [0.15, 0.2) is 0 Å². The highest BCUT2D eigenvalue weighted by molar-refractivity contribution is 5.01. The molecule has 0 aromatic heterocycles. The largest absolute Gasteiger partial charge is 0.149 e. The van der Waals surface area contributed by atoms with Gasteiger partial charge in [0, 0.05) is 12.1 Å². The zero-order valence-corrected chi connectivity index (χ0v) is 3.42. The number of hydrogen-bond acceptors (Lipinski definition) is 1. The molecular weight excluding hydrogens is 78.0 g/mol. The van der Waals surface area contributed by atoms with Gasteiger partial charge in [-0.05, 0) is 12.8 Å². The maximum atomic E-state index is 10.2. The van der Waals surface area contributed by atoms with E-state index in [1.54, 1.807) is 0 Å². The molecule has 2 heteroatoms. The fraction of sp³-hybridized carbons (Fsp3) is 1.00. The van der Waals surface area contributed by atoms with Crippen molar-refractivity contribution in [1.29, 1.82) is 0 Å². The van der Waals surface area contributed by atoms with Crippen LogP contribution < -0.4 is 0 Å². The van der Waals surface area contributed by atoms with Gasteiger partial charge in [0.1, 0.15) is 0 Å². The smallest absolute Gasteiger partial charge is 0.0418 e. The summed E-state index contributed by atoms with van der Waals surface area (Å²) >= 11 is 0. The predicted molar refractivity (Wildman–Crippen MR) is 19.3 cm³/mol. The fourth-order valence-electron chi connectivity index (χ4n) is 0.997. The third kappa shape index (κ3) is 0.132. The number of rotatable bonds is 0. The lowest BCUT2D eigenvalue weighted by molar-refractivity contribution is -0.338. The van der Waals surface area contributed by atoms with Crippen LogP contribution in [-0.2, 0) is 5.21 Å². The quantitative estimate of drug-likeness (QED) is 0.410. The molecule has 0 spiro atoms. The standard InChI is InChI=1S/C4H6NO/c6-5-3-1-4(5)2-3/h3-4H,1-2H2. The molecule has 1 radical (unpaired) electrons. The number of nitrogens with zero attached hydrogens (tertiary/aromatic N) is 1. The Balaban J connectivity index is 2.11. The molecule has 2 heterocycles. The van der Waals surface area contributed by atoms with Gasteiger partial charge in [-0.25, -0.2) is 0 Å². The second-order valence-electron chi connectivity index (χ2n) is 2.14. The summed E-state index contributed by atoms with van der Waals surface area (Å²) in [4.78, 5) is 0. The maximum absolute atomic E-state index is 10.2. The van der Waals surface area contributed by atoms with E-state index in [0.717, 1.165) is 0 Å². The Morgan fingerprint density at radius 2 is 1.67 bits per heavy atom. The SMILES string of the molecule is [O]N1C2CC1C2. The Labute approximate surface area is 36.3 Å². The van der Waals surface area contributed by atoms with Crippen LogP contribution in [0.1, 0.15) is 12.8 Å². The van der Waals surface area contributed by atoms with Gasteiger partial charge in [0.2, 0.25) is 0 Å². The first kappa shape index (κ1) is 2.99. The Hall–Kier alpha value is -0.0800. The molecule has 2 aliphatic heterocycles. The first-order valence-electron chi connectivity index (χ1n) is 2.33. The van der Waals surface area contributed by atoms with E-state index in [0.29, 0.717) is 12.1 Å². The van der Waals surface area contributed by atoms with Crippen molar-refractivity contribution in [1.82, 2.24) is 5.06 Å². The van der Waals surface area contributed by atoms with E-state index in [-0.39, 0.29) is 0 Å². The molecule has 2 nitrogen and oxygen atoms in total. The molecule has 2 saturated heterocycles. The molecule has 0 N–H and O–H groups in total. The zero-order chi connectivity index (χ0) is 4.15. The fourth-order valence-corrected chi connectivity index (χ4v) is 0.997. The van der Waals surface area contributed by atoms with Gasteiger partial charge in [0.15, 0.2) is 0 Å². The van der Waals surface area contributed by atoms with Crippen LogP contribution in [0.5, 0.6) is 0 Å². The van der Waals surface area contributed by atoms with Gasteiger partial charge >= 0.3 is 0 Å². The Bertz CT molecular complexity index is 69.6. The zero-order valence-electron chi connectivity index (χ0n) is 3.42. The van der Waals surface area contributed by atoms with E-state index in [9.17, 15) is 5.21 Å². The Morgan fingerprint density at radius 3 is 1.67 bits per heavy atom. The van der Waals surface area contributed by atoms with Gasteiger partial charge in [0.25, 0.3) is 0 Å². The van der Waals surface area contributed by atoms with Gasteiger partial charge in [-0.3, -0.25) is 0 Å². The van der Waals surface area contributed by atoms with E-state index in [1.165, 1.54) is 17.9 Å². The van der Waals surface area contributed by atoms with Crippen LogP contribution in [0, 0.1) is 0 Å². The summed E-state index contributed by atoms with van der Waals surface area (Å²) < 4.78 is 0. The van der Waals surface area contributed by atoms with Crippen LogP contribution in [0.3, 0.4) is 0 Å². The second kappa shape index (κ2) is 0.634. The average molecular weight is 84.1 g/mol. The highest BCUT2D eigenvalue weighted by Gasteiger charge is 2.51. The van der Waals surface area contributed by atoms with Crippen LogP contribution >= 0.6 is 0 Å². The van der Waals surface area contributed by atoms with Crippen molar-refractivity contribution in [3.05, 3.63) is 0 Å². The third-order valence-corrected chi connectivity index (χ3v) is 1.81. The topological polar surface area (TPSA) is 23.1 Å². The molecule has 1 saturated carbocycles. The summed E-state index contributed by atoms with van der Waals surface area (Å²) in [5.41, 5.74) is 0. The molecule has 33 valence electrons. The van der Waals surface area contributed by atoms with Crippen LogP contribution in [0.2, 0.25) is 0 Å². The molecule has 2 bridgehead atoms. The molecule has 0 unspecified atom stereocenters. The first-order valence-corrected chi connectivity index (χ1v) is 2.33. The first-order chi connectivity index (χ1) is 2.88. The number of hydrogen-bond donors (Lipinski definition) is 0. The van der Waals surface area contributed by atoms with Gasteiger partial charge in [-0.2, -0.15) is 0 Å². The minimum absolute atomic E-state index is 0.454. The molecule has 0 aromatic rings. The van der Waals surface area contributed by atoms with Crippen molar-refractivity contribution >= 4 is 0 Å². The van der Waals surface area contributed by atoms with Crippen LogP contribution in [0.25, 0.3) is 0 Å². The molecule has 3 aliphatic rings. The summed E-state index contributed by atoms with van der Waals surface area (Å²) in [6, 6.07) is 0.907. The molecular formula is C4H6NO. The monoisotopic (exact) mass is 84.0 g/mol. The molecule has 1 aliphatic carbocycles. The summed E-state index contributed by atoms with van der Waals surface area (Å²) in [7, 11) is 0. The third-order valence-electron chi connectivity index (χ3n) is 1.81. The highest BCUT2D eigenvalue weighted by Crippen LogP contribution is 2.42. The van der Waals surface area contributed by atoms with Crippen LogP contribution in [-0.4, -0.2) is 17.1 Å². The Morgan fingerprint density at radius 1 is 1.33 bits per heavy atom. The van der Waals surface area contributed by atoms with Crippen molar-refractivity contribution < 1.29 is 5.21 Å².